The van der Waals surface area contributed by atoms with Gasteiger partial charge in [0, 0.05) is 25.6 Å². The molecule has 2 saturated heterocycles. The summed E-state index contributed by atoms with van der Waals surface area (Å²) in [6, 6.07) is 6.02. The molecule has 32 heavy (non-hydrogen) atoms. The van der Waals surface area contributed by atoms with Crippen LogP contribution in [0.2, 0.25) is 0 Å². The van der Waals surface area contributed by atoms with E-state index in [9.17, 15) is 26.4 Å². The van der Waals surface area contributed by atoms with E-state index >= 15 is 0 Å². The Balaban J connectivity index is 1.45. The van der Waals surface area contributed by atoms with Gasteiger partial charge in [0.15, 0.2) is 15.9 Å². The van der Waals surface area contributed by atoms with E-state index in [1.165, 1.54) is 11.2 Å². The van der Waals surface area contributed by atoms with Gasteiger partial charge in [0.05, 0.1) is 16.4 Å². The summed E-state index contributed by atoms with van der Waals surface area (Å²) in [5.41, 5.74) is 0.785. The lowest BCUT2D eigenvalue weighted by Gasteiger charge is -2.25. The van der Waals surface area contributed by atoms with Crippen molar-refractivity contribution in [2.75, 3.05) is 24.6 Å². The SMILES string of the molecule is C[C@H](OC(=O)CCc1ccc(S(=O)(=O)N2CCCCC2)cc1)C(=O)N[C@H]1CCS(=O)(=O)C1. The number of ether oxygens (including phenoxy) is 1. The largest absolute Gasteiger partial charge is 0.453 e. The minimum Gasteiger partial charge on any atom is -0.453 e. The van der Waals surface area contributed by atoms with Gasteiger partial charge in [-0.2, -0.15) is 4.31 Å². The van der Waals surface area contributed by atoms with Crippen molar-refractivity contribution in [3.63, 3.8) is 0 Å². The highest BCUT2D eigenvalue weighted by molar-refractivity contribution is 7.91. The fourth-order valence-corrected chi connectivity index (χ4v) is 7.06. The molecule has 2 fully saturated rings. The molecule has 2 heterocycles. The maximum absolute atomic E-state index is 12.7. The number of piperidine rings is 1. The second-order valence-electron chi connectivity index (χ2n) is 8.35. The van der Waals surface area contributed by atoms with Crippen LogP contribution >= 0.6 is 0 Å². The summed E-state index contributed by atoms with van der Waals surface area (Å²) in [7, 11) is -6.60. The van der Waals surface area contributed by atoms with Crippen LogP contribution < -0.4 is 5.32 Å². The molecular weight excluding hydrogens is 456 g/mol. The predicted octanol–water partition coefficient (Wildman–Crippen LogP) is 1.03. The van der Waals surface area contributed by atoms with Gasteiger partial charge in [0.2, 0.25) is 10.0 Å². The lowest BCUT2D eigenvalue weighted by Crippen LogP contribution is -2.42. The summed E-state index contributed by atoms with van der Waals surface area (Å²) in [6.45, 7) is 2.52. The Morgan fingerprint density at radius 2 is 1.81 bits per heavy atom. The summed E-state index contributed by atoms with van der Waals surface area (Å²) in [5.74, 6) is -1.13. The second kappa shape index (κ2) is 10.3. The first-order valence-electron chi connectivity index (χ1n) is 10.9. The number of esters is 1. The van der Waals surface area contributed by atoms with Crippen molar-refractivity contribution < 1.29 is 31.2 Å². The summed E-state index contributed by atoms with van der Waals surface area (Å²) in [6.07, 6.45) is 2.50. The molecule has 2 aliphatic heterocycles. The summed E-state index contributed by atoms with van der Waals surface area (Å²) in [4.78, 5) is 24.5. The second-order valence-corrected chi connectivity index (χ2v) is 12.5. The van der Waals surface area contributed by atoms with Crippen LogP contribution in [0, 0.1) is 0 Å². The number of sulfone groups is 1. The standard InChI is InChI=1S/C21H30N2O7S2/c1-16(21(25)22-18-11-14-31(26,27)15-18)30-20(24)10-7-17-5-8-19(9-6-17)32(28,29)23-12-3-2-4-13-23/h5-6,8-9,16,18H,2-4,7,10-15H2,1H3,(H,22,25)/t16-,18-/m0/s1. The number of hydrogen-bond donors (Lipinski definition) is 1. The third-order valence-electron chi connectivity index (χ3n) is 5.75. The first-order chi connectivity index (χ1) is 15.1. The monoisotopic (exact) mass is 486 g/mol. The zero-order valence-corrected chi connectivity index (χ0v) is 19.8. The number of carbonyl (C=O) groups is 2. The van der Waals surface area contributed by atoms with E-state index in [1.54, 1.807) is 24.3 Å². The van der Waals surface area contributed by atoms with Crippen LogP contribution in [0.25, 0.3) is 0 Å². The molecule has 0 aromatic heterocycles. The molecule has 9 nitrogen and oxygen atoms in total. The first-order valence-corrected chi connectivity index (χ1v) is 14.1. The Hall–Kier alpha value is -1.98. The number of aryl methyl sites for hydroxylation is 1. The fourth-order valence-electron chi connectivity index (χ4n) is 3.87. The maximum Gasteiger partial charge on any atom is 0.306 e. The molecule has 1 N–H and O–H groups in total. The molecule has 0 radical (unpaired) electrons. The van der Waals surface area contributed by atoms with Crippen molar-refractivity contribution in [2.45, 2.75) is 62.5 Å². The Kier molecular flexibility index (Phi) is 7.94. The molecule has 2 atom stereocenters. The molecule has 0 unspecified atom stereocenters. The molecule has 178 valence electrons. The van der Waals surface area contributed by atoms with Crippen LogP contribution in [0.1, 0.15) is 44.6 Å². The summed E-state index contributed by atoms with van der Waals surface area (Å²) >= 11 is 0. The first kappa shape index (κ1) is 24.7. The Labute approximate surface area is 189 Å². The van der Waals surface area contributed by atoms with Crippen molar-refractivity contribution in [3.05, 3.63) is 29.8 Å². The number of sulfonamides is 1. The van der Waals surface area contributed by atoms with Gasteiger partial charge in [-0.1, -0.05) is 18.6 Å². The topological polar surface area (TPSA) is 127 Å². The van der Waals surface area contributed by atoms with E-state index < -0.39 is 43.9 Å². The molecule has 1 amide bonds. The van der Waals surface area contributed by atoms with Crippen molar-refractivity contribution in [1.29, 1.82) is 0 Å². The zero-order valence-electron chi connectivity index (χ0n) is 18.2. The van der Waals surface area contributed by atoms with E-state index in [0.717, 1.165) is 24.8 Å². The summed E-state index contributed by atoms with van der Waals surface area (Å²) < 4.78 is 55.0. The smallest absolute Gasteiger partial charge is 0.306 e. The van der Waals surface area contributed by atoms with Gasteiger partial charge in [0.25, 0.3) is 5.91 Å². The third kappa shape index (κ3) is 6.52. The van der Waals surface area contributed by atoms with Gasteiger partial charge in [0.1, 0.15) is 0 Å². The Bertz CT molecular complexity index is 1030. The summed E-state index contributed by atoms with van der Waals surface area (Å²) in [5, 5.41) is 2.60. The molecule has 0 bridgehead atoms. The number of carbonyl (C=O) groups excluding carboxylic acids is 2. The fraction of sp³-hybridized carbons (Fsp3) is 0.619. The van der Waals surface area contributed by atoms with Crippen LogP contribution in [0.15, 0.2) is 29.2 Å². The van der Waals surface area contributed by atoms with Gasteiger partial charge < -0.3 is 10.1 Å². The van der Waals surface area contributed by atoms with Crippen molar-refractivity contribution in [2.24, 2.45) is 0 Å². The minimum absolute atomic E-state index is 0.0354. The van der Waals surface area contributed by atoms with Gasteiger partial charge in [-0.15, -0.1) is 0 Å². The molecule has 0 spiro atoms. The highest BCUT2D eigenvalue weighted by Gasteiger charge is 2.31. The molecular formula is C21H30N2O7S2. The lowest BCUT2D eigenvalue weighted by atomic mass is 10.1. The lowest BCUT2D eigenvalue weighted by molar-refractivity contribution is -0.155. The van der Waals surface area contributed by atoms with E-state index in [4.69, 9.17) is 4.74 Å². The molecule has 3 rings (SSSR count). The van der Waals surface area contributed by atoms with Gasteiger partial charge >= 0.3 is 5.97 Å². The highest BCUT2D eigenvalue weighted by atomic mass is 32.2. The van der Waals surface area contributed by atoms with Gasteiger partial charge in [-0.05, 0) is 50.3 Å². The predicted molar refractivity (Wildman–Crippen MR) is 118 cm³/mol. The van der Waals surface area contributed by atoms with Crippen molar-refractivity contribution >= 4 is 31.7 Å². The normalized spacial score (nSPS) is 22.2. The van der Waals surface area contributed by atoms with E-state index in [1.807, 2.05) is 0 Å². The van der Waals surface area contributed by atoms with Crippen LogP contribution in [0.5, 0.6) is 0 Å². The molecule has 0 saturated carbocycles. The Morgan fingerprint density at radius 3 is 2.41 bits per heavy atom. The number of nitrogens with zero attached hydrogens (tertiary/aromatic N) is 1. The van der Waals surface area contributed by atoms with Crippen LogP contribution in [-0.4, -0.2) is 69.8 Å². The third-order valence-corrected chi connectivity index (χ3v) is 9.43. The van der Waals surface area contributed by atoms with Crippen LogP contribution in [-0.2, 0) is 40.6 Å². The van der Waals surface area contributed by atoms with Crippen molar-refractivity contribution in [1.82, 2.24) is 9.62 Å². The average Bonchev–Trinajstić information content (AvgIpc) is 3.11. The van der Waals surface area contributed by atoms with Gasteiger partial charge in [-0.3, -0.25) is 9.59 Å². The number of rotatable bonds is 8. The van der Waals surface area contributed by atoms with E-state index in [2.05, 4.69) is 5.32 Å². The van der Waals surface area contributed by atoms with Crippen LogP contribution in [0.4, 0.5) is 0 Å². The molecule has 1 aromatic rings. The quantitative estimate of drug-likeness (QED) is 0.544. The molecule has 11 heteroatoms. The molecule has 0 aliphatic carbocycles. The van der Waals surface area contributed by atoms with Crippen LogP contribution in [0.3, 0.4) is 0 Å². The van der Waals surface area contributed by atoms with Gasteiger partial charge in [-0.25, -0.2) is 16.8 Å². The zero-order chi connectivity index (χ0) is 23.4. The highest BCUT2D eigenvalue weighted by Crippen LogP contribution is 2.21. The van der Waals surface area contributed by atoms with E-state index in [0.29, 0.717) is 25.9 Å². The minimum atomic E-state index is -3.49. The number of amides is 1. The number of hydrogen-bond acceptors (Lipinski definition) is 7. The van der Waals surface area contributed by atoms with Crippen molar-refractivity contribution in [3.8, 4) is 0 Å². The Morgan fingerprint density at radius 1 is 1.16 bits per heavy atom. The van der Waals surface area contributed by atoms with E-state index in [-0.39, 0.29) is 22.8 Å². The number of benzene rings is 1. The number of nitrogens with one attached hydrogen (secondary N) is 1. The average molecular weight is 487 g/mol. The molecule has 1 aromatic carbocycles. The molecule has 2 aliphatic rings. The maximum atomic E-state index is 12.7.